The Morgan fingerprint density at radius 1 is 1.28 bits per heavy atom. The molecular weight excluding hydrogens is 343 g/mol. The maximum Gasteiger partial charge on any atom is 0.225 e. The van der Waals surface area contributed by atoms with Crippen LogP contribution in [0.15, 0.2) is 18.2 Å². The van der Waals surface area contributed by atoms with E-state index in [2.05, 4.69) is 5.32 Å². The van der Waals surface area contributed by atoms with Crippen molar-refractivity contribution >= 4 is 24.0 Å². The summed E-state index contributed by atoms with van der Waals surface area (Å²) >= 11 is 0. The summed E-state index contributed by atoms with van der Waals surface area (Å²) in [7, 11) is 0. The van der Waals surface area contributed by atoms with Crippen molar-refractivity contribution in [2.45, 2.75) is 51.4 Å². The molecule has 3 N–H and O–H groups in total. The largest absolute Gasteiger partial charge is 0.491 e. The van der Waals surface area contributed by atoms with Crippen LogP contribution in [-0.2, 0) is 4.79 Å². The Kier molecular flexibility index (Phi) is 7.08. The smallest absolute Gasteiger partial charge is 0.225 e. The summed E-state index contributed by atoms with van der Waals surface area (Å²) in [4.78, 5) is 12.5. The standard InChI is InChI=1S/C19H27FN2O2.ClH/c20-15-6-7-16(17(10-15)24-12-14-4-5-14)22-18(23)11-19(13-21)8-2-1-3-9-19;/h6-7,10,14H,1-5,8-9,11-13,21H2,(H,22,23);1H. The van der Waals surface area contributed by atoms with Crippen molar-refractivity contribution in [1.82, 2.24) is 0 Å². The summed E-state index contributed by atoms with van der Waals surface area (Å²) in [6.07, 6.45) is 8.25. The SMILES string of the molecule is Cl.NCC1(CC(=O)Nc2ccc(F)cc2OCC2CC2)CCCCC1. The number of anilines is 1. The molecule has 0 atom stereocenters. The molecule has 0 unspecified atom stereocenters. The maximum atomic E-state index is 13.5. The van der Waals surface area contributed by atoms with Gasteiger partial charge in [0, 0.05) is 12.5 Å². The molecule has 2 saturated carbocycles. The number of carbonyl (C=O) groups excluding carboxylic acids is 1. The lowest BCUT2D eigenvalue weighted by Crippen LogP contribution is -2.36. The zero-order chi connectivity index (χ0) is 17.0. The Morgan fingerprint density at radius 2 is 2.00 bits per heavy atom. The summed E-state index contributed by atoms with van der Waals surface area (Å²) < 4.78 is 19.2. The highest BCUT2D eigenvalue weighted by Crippen LogP contribution is 2.39. The third-order valence-electron chi connectivity index (χ3n) is 5.27. The van der Waals surface area contributed by atoms with E-state index in [1.807, 2.05) is 0 Å². The van der Waals surface area contributed by atoms with E-state index in [0.717, 1.165) is 38.5 Å². The minimum atomic E-state index is -0.357. The summed E-state index contributed by atoms with van der Waals surface area (Å²) in [5, 5.41) is 2.90. The molecule has 0 saturated heterocycles. The van der Waals surface area contributed by atoms with Gasteiger partial charge in [-0.3, -0.25) is 4.79 Å². The number of nitrogens with two attached hydrogens (primary N) is 1. The van der Waals surface area contributed by atoms with E-state index in [0.29, 0.717) is 36.9 Å². The first-order chi connectivity index (χ1) is 11.6. The molecule has 1 amide bonds. The fourth-order valence-electron chi connectivity index (χ4n) is 3.50. The van der Waals surface area contributed by atoms with Gasteiger partial charge in [0.25, 0.3) is 0 Å². The third-order valence-corrected chi connectivity index (χ3v) is 5.27. The lowest BCUT2D eigenvalue weighted by molar-refractivity contribution is -0.118. The Morgan fingerprint density at radius 3 is 2.64 bits per heavy atom. The van der Waals surface area contributed by atoms with Gasteiger partial charge < -0.3 is 15.8 Å². The van der Waals surface area contributed by atoms with Crippen LogP contribution in [0, 0.1) is 17.2 Å². The molecule has 0 spiro atoms. The van der Waals surface area contributed by atoms with Gasteiger partial charge in [-0.15, -0.1) is 12.4 Å². The molecule has 3 rings (SSSR count). The van der Waals surface area contributed by atoms with Gasteiger partial charge in [-0.25, -0.2) is 4.39 Å². The van der Waals surface area contributed by atoms with Gasteiger partial charge in [0.1, 0.15) is 11.6 Å². The highest BCUT2D eigenvalue weighted by molar-refractivity contribution is 5.92. The van der Waals surface area contributed by atoms with Gasteiger partial charge in [0.2, 0.25) is 5.91 Å². The van der Waals surface area contributed by atoms with Crippen LogP contribution in [0.5, 0.6) is 5.75 Å². The van der Waals surface area contributed by atoms with Crippen molar-refractivity contribution in [2.24, 2.45) is 17.1 Å². The number of amides is 1. The Bertz CT molecular complexity index is 587. The van der Waals surface area contributed by atoms with Crippen LogP contribution < -0.4 is 15.8 Å². The van der Waals surface area contributed by atoms with Crippen molar-refractivity contribution in [3.63, 3.8) is 0 Å². The molecule has 0 aromatic heterocycles. The fraction of sp³-hybridized carbons (Fsp3) is 0.632. The maximum absolute atomic E-state index is 13.5. The fourth-order valence-corrected chi connectivity index (χ4v) is 3.50. The summed E-state index contributed by atoms with van der Waals surface area (Å²) in [6, 6.07) is 4.27. The first kappa shape index (κ1) is 20.0. The van der Waals surface area contributed by atoms with Crippen LogP contribution in [0.25, 0.3) is 0 Å². The molecule has 1 aromatic rings. The number of rotatable bonds is 7. The Hall–Kier alpha value is -1.33. The molecule has 2 aliphatic carbocycles. The van der Waals surface area contributed by atoms with Crippen molar-refractivity contribution in [3.8, 4) is 5.75 Å². The monoisotopic (exact) mass is 370 g/mol. The van der Waals surface area contributed by atoms with E-state index in [1.165, 1.54) is 18.6 Å². The highest BCUT2D eigenvalue weighted by Gasteiger charge is 2.33. The Labute approximate surface area is 155 Å². The molecule has 2 fully saturated rings. The quantitative estimate of drug-likeness (QED) is 0.753. The van der Waals surface area contributed by atoms with Crippen LogP contribution in [0.3, 0.4) is 0 Å². The number of hydrogen-bond acceptors (Lipinski definition) is 3. The van der Waals surface area contributed by atoms with Crippen LogP contribution >= 0.6 is 12.4 Å². The van der Waals surface area contributed by atoms with Crippen LogP contribution in [0.4, 0.5) is 10.1 Å². The van der Waals surface area contributed by atoms with Gasteiger partial charge in [0.15, 0.2) is 0 Å². The minimum absolute atomic E-state index is 0. The average Bonchev–Trinajstić information content (AvgIpc) is 3.40. The second-order valence-corrected chi connectivity index (χ2v) is 7.38. The number of carbonyl (C=O) groups is 1. The van der Waals surface area contributed by atoms with Crippen LogP contribution in [-0.4, -0.2) is 19.1 Å². The van der Waals surface area contributed by atoms with E-state index in [-0.39, 0.29) is 29.5 Å². The van der Waals surface area contributed by atoms with Gasteiger partial charge in [-0.1, -0.05) is 19.3 Å². The molecule has 140 valence electrons. The predicted molar refractivity (Wildman–Crippen MR) is 99.7 cm³/mol. The second kappa shape index (κ2) is 8.86. The van der Waals surface area contributed by atoms with Crippen molar-refractivity contribution in [3.05, 3.63) is 24.0 Å². The number of hydrogen-bond donors (Lipinski definition) is 2. The van der Waals surface area contributed by atoms with Crippen LogP contribution in [0.2, 0.25) is 0 Å². The lowest BCUT2D eigenvalue weighted by atomic mass is 9.71. The van der Waals surface area contributed by atoms with E-state index in [1.54, 1.807) is 6.07 Å². The molecule has 0 radical (unpaired) electrons. The second-order valence-electron chi connectivity index (χ2n) is 7.38. The zero-order valence-electron chi connectivity index (χ0n) is 14.6. The van der Waals surface area contributed by atoms with Gasteiger partial charge >= 0.3 is 0 Å². The van der Waals surface area contributed by atoms with Crippen LogP contribution in [0.1, 0.15) is 51.4 Å². The zero-order valence-corrected chi connectivity index (χ0v) is 15.4. The average molecular weight is 371 g/mol. The molecule has 0 heterocycles. The molecular formula is C19H28ClFN2O2. The summed E-state index contributed by atoms with van der Waals surface area (Å²) in [5.41, 5.74) is 6.42. The summed E-state index contributed by atoms with van der Waals surface area (Å²) in [6.45, 7) is 1.12. The van der Waals surface area contributed by atoms with E-state index >= 15 is 0 Å². The minimum Gasteiger partial charge on any atom is -0.491 e. The Balaban J connectivity index is 0.00000225. The van der Waals surface area contributed by atoms with E-state index < -0.39 is 0 Å². The van der Waals surface area contributed by atoms with Crippen molar-refractivity contribution in [2.75, 3.05) is 18.5 Å². The van der Waals surface area contributed by atoms with Crippen molar-refractivity contribution in [1.29, 1.82) is 0 Å². The molecule has 4 nitrogen and oxygen atoms in total. The third kappa shape index (κ3) is 5.58. The topological polar surface area (TPSA) is 64.4 Å². The highest BCUT2D eigenvalue weighted by atomic mass is 35.5. The molecule has 0 aliphatic heterocycles. The number of ether oxygens (including phenoxy) is 1. The van der Waals surface area contributed by atoms with E-state index in [4.69, 9.17) is 10.5 Å². The molecule has 1 aromatic carbocycles. The number of halogens is 2. The van der Waals surface area contributed by atoms with Crippen molar-refractivity contribution < 1.29 is 13.9 Å². The molecule has 6 heteroatoms. The van der Waals surface area contributed by atoms with Gasteiger partial charge in [-0.2, -0.15) is 0 Å². The lowest BCUT2D eigenvalue weighted by Gasteiger charge is -2.35. The normalized spacial score (nSPS) is 19.0. The first-order valence-corrected chi connectivity index (χ1v) is 9.02. The molecule has 2 aliphatic rings. The number of benzene rings is 1. The molecule has 25 heavy (non-hydrogen) atoms. The van der Waals surface area contributed by atoms with E-state index in [9.17, 15) is 9.18 Å². The molecule has 0 bridgehead atoms. The number of nitrogens with one attached hydrogen (secondary N) is 1. The first-order valence-electron chi connectivity index (χ1n) is 9.02. The van der Waals surface area contributed by atoms with Gasteiger partial charge in [-0.05, 0) is 55.7 Å². The summed E-state index contributed by atoms with van der Waals surface area (Å²) in [5.74, 6) is 0.565. The van der Waals surface area contributed by atoms with Gasteiger partial charge in [0.05, 0.1) is 12.3 Å². The predicted octanol–water partition coefficient (Wildman–Crippen LogP) is 4.27.